The molecule has 0 aliphatic heterocycles. The first-order valence-electron chi connectivity index (χ1n) is 10.7. The second kappa shape index (κ2) is 12.2. The number of hydrazone groups is 1. The fourth-order valence-corrected chi connectivity index (χ4v) is 2.93. The van der Waals surface area contributed by atoms with Gasteiger partial charge >= 0.3 is 5.97 Å². The van der Waals surface area contributed by atoms with E-state index >= 15 is 0 Å². The van der Waals surface area contributed by atoms with Gasteiger partial charge in [0.2, 0.25) is 0 Å². The van der Waals surface area contributed by atoms with Crippen molar-refractivity contribution in [2.24, 2.45) is 5.10 Å². The van der Waals surface area contributed by atoms with Crippen molar-refractivity contribution in [3.8, 4) is 17.2 Å². The number of methoxy groups -OCH3 is 1. The monoisotopic (exact) mass is 462 g/mol. The number of esters is 1. The highest BCUT2D eigenvalue weighted by atomic mass is 16.6. The van der Waals surface area contributed by atoms with E-state index in [1.165, 1.54) is 13.3 Å². The van der Waals surface area contributed by atoms with Gasteiger partial charge in [0, 0.05) is 0 Å². The summed E-state index contributed by atoms with van der Waals surface area (Å²) in [6, 6.07) is 20.1. The average molecular weight is 463 g/mol. The highest BCUT2D eigenvalue weighted by Crippen LogP contribution is 2.28. The number of nitrogens with zero attached hydrogens (tertiary/aromatic N) is 1. The summed E-state index contributed by atoms with van der Waals surface area (Å²) in [4.78, 5) is 24.6. The van der Waals surface area contributed by atoms with Crippen molar-refractivity contribution in [3.05, 3.63) is 89.5 Å². The third-order valence-corrected chi connectivity index (χ3v) is 4.71. The maximum atomic E-state index is 12.5. The van der Waals surface area contributed by atoms with E-state index in [1.807, 2.05) is 6.92 Å². The summed E-state index contributed by atoms with van der Waals surface area (Å²) in [5, 5.41) is 13.9. The number of amides is 1. The van der Waals surface area contributed by atoms with Crippen molar-refractivity contribution in [2.75, 3.05) is 13.7 Å². The first-order chi connectivity index (χ1) is 16.5. The molecule has 0 aromatic heterocycles. The smallest absolute Gasteiger partial charge is 0.343 e. The van der Waals surface area contributed by atoms with Gasteiger partial charge in [-0.2, -0.15) is 5.10 Å². The first-order valence-corrected chi connectivity index (χ1v) is 10.7. The van der Waals surface area contributed by atoms with E-state index in [0.717, 1.165) is 6.42 Å². The molecule has 0 saturated carbocycles. The second-order valence-corrected chi connectivity index (χ2v) is 7.22. The van der Waals surface area contributed by atoms with Crippen LogP contribution in [-0.4, -0.2) is 36.9 Å². The quantitative estimate of drug-likeness (QED) is 0.205. The molecule has 0 saturated heterocycles. The van der Waals surface area contributed by atoms with Crippen molar-refractivity contribution in [3.63, 3.8) is 0 Å². The number of rotatable bonds is 10. The van der Waals surface area contributed by atoms with Crippen LogP contribution in [0.15, 0.2) is 77.9 Å². The van der Waals surface area contributed by atoms with Crippen LogP contribution in [0.1, 0.15) is 40.9 Å². The van der Waals surface area contributed by atoms with Gasteiger partial charge in [0.15, 0.2) is 17.6 Å². The molecule has 2 N–H and O–H groups in total. The first kappa shape index (κ1) is 24.5. The number of benzene rings is 3. The molecule has 0 unspecified atom stereocenters. The minimum atomic E-state index is -1.33. The van der Waals surface area contributed by atoms with E-state index in [-0.39, 0.29) is 5.75 Å². The molecule has 34 heavy (non-hydrogen) atoms. The summed E-state index contributed by atoms with van der Waals surface area (Å²) < 4.78 is 16.3. The van der Waals surface area contributed by atoms with E-state index < -0.39 is 18.0 Å². The van der Waals surface area contributed by atoms with Crippen LogP contribution in [0.25, 0.3) is 0 Å². The molecule has 0 fully saturated rings. The lowest BCUT2D eigenvalue weighted by atomic mass is 10.1. The lowest BCUT2D eigenvalue weighted by molar-refractivity contribution is -0.129. The summed E-state index contributed by atoms with van der Waals surface area (Å²) in [6.45, 7) is 2.62. The number of aliphatic hydroxyl groups excluding tert-OH is 1. The van der Waals surface area contributed by atoms with Crippen LogP contribution in [0.5, 0.6) is 17.2 Å². The Morgan fingerprint density at radius 1 is 1.03 bits per heavy atom. The Balaban J connectivity index is 1.61. The molecule has 8 nitrogen and oxygen atoms in total. The fraction of sp³-hybridized carbons (Fsp3) is 0.192. The molecular weight excluding hydrogens is 436 g/mol. The van der Waals surface area contributed by atoms with Crippen molar-refractivity contribution in [1.82, 2.24) is 5.43 Å². The molecule has 0 spiro atoms. The Hall–Kier alpha value is -4.17. The van der Waals surface area contributed by atoms with Gasteiger partial charge in [0.05, 0.1) is 25.5 Å². The number of ether oxygens (including phenoxy) is 3. The summed E-state index contributed by atoms with van der Waals surface area (Å²) in [5.74, 6) is 0.0355. The lowest BCUT2D eigenvalue weighted by Gasteiger charge is -2.11. The number of hydrogen-bond donors (Lipinski definition) is 2. The van der Waals surface area contributed by atoms with Gasteiger partial charge < -0.3 is 19.3 Å². The van der Waals surface area contributed by atoms with Gasteiger partial charge in [0.1, 0.15) is 5.75 Å². The fourth-order valence-electron chi connectivity index (χ4n) is 2.93. The zero-order valence-corrected chi connectivity index (χ0v) is 18.9. The molecule has 0 radical (unpaired) electrons. The Kier molecular flexibility index (Phi) is 8.76. The molecule has 0 bridgehead atoms. The van der Waals surface area contributed by atoms with Gasteiger partial charge in [-0.25, -0.2) is 10.2 Å². The Morgan fingerprint density at radius 3 is 2.44 bits per heavy atom. The normalized spacial score (nSPS) is 11.6. The molecule has 3 aromatic rings. The van der Waals surface area contributed by atoms with Gasteiger partial charge in [-0.3, -0.25) is 4.79 Å². The second-order valence-electron chi connectivity index (χ2n) is 7.22. The largest absolute Gasteiger partial charge is 0.494 e. The molecule has 1 amide bonds. The van der Waals surface area contributed by atoms with Gasteiger partial charge in [-0.1, -0.05) is 37.3 Å². The molecule has 3 aromatic carbocycles. The predicted octanol–water partition coefficient (Wildman–Crippen LogP) is 3.89. The summed E-state index contributed by atoms with van der Waals surface area (Å²) >= 11 is 0. The van der Waals surface area contributed by atoms with E-state index in [9.17, 15) is 14.7 Å². The van der Waals surface area contributed by atoms with E-state index in [1.54, 1.807) is 72.8 Å². The number of hydrogen-bond acceptors (Lipinski definition) is 7. The van der Waals surface area contributed by atoms with E-state index in [2.05, 4.69) is 10.5 Å². The number of carbonyl (C=O) groups excluding carboxylic acids is 2. The minimum absolute atomic E-state index is 0.236. The van der Waals surface area contributed by atoms with Crippen molar-refractivity contribution >= 4 is 18.1 Å². The van der Waals surface area contributed by atoms with Crippen LogP contribution in [0, 0.1) is 0 Å². The summed E-state index contributed by atoms with van der Waals surface area (Å²) in [6.07, 6.45) is 0.951. The summed E-state index contributed by atoms with van der Waals surface area (Å²) in [7, 11) is 1.45. The molecule has 0 heterocycles. The van der Waals surface area contributed by atoms with E-state index in [0.29, 0.717) is 34.8 Å². The predicted molar refractivity (Wildman–Crippen MR) is 127 cm³/mol. The Bertz CT molecular complexity index is 1130. The van der Waals surface area contributed by atoms with Crippen LogP contribution in [-0.2, 0) is 4.79 Å². The zero-order valence-electron chi connectivity index (χ0n) is 18.9. The van der Waals surface area contributed by atoms with Gasteiger partial charge in [-0.05, 0) is 60.0 Å². The molecule has 3 rings (SSSR count). The summed E-state index contributed by atoms with van der Waals surface area (Å²) in [5.41, 5.74) is 3.72. The van der Waals surface area contributed by atoms with E-state index in [4.69, 9.17) is 14.2 Å². The molecule has 0 aliphatic rings. The van der Waals surface area contributed by atoms with Crippen molar-refractivity contribution in [1.29, 1.82) is 0 Å². The van der Waals surface area contributed by atoms with Crippen molar-refractivity contribution in [2.45, 2.75) is 19.4 Å². The van der Waals surface area contributed by atoms with Crippen LogP contribution in [0.4, 0.5) is 0 Å². The van der Waals surface area contributed by atoms with Gasteiger partial charge in [0.25, 0.3) is 5.91 Å². The van der Waals surface area contributed by atoms with Gasteiger partial charge in [-0.15, -0.1) is 0 Å². The molecule has 1 atom stereocenters. The number of nitrogens with one attached hydrogen (secondary N) is 1. The molecule has 176 valence electrons. The maximum absolute atomic E-state index is 12.5. The highest BCUT2D eigenvalue weighted by molar-refractivity contribution is 5.92. The van der Waals surface area contributed by atoms with Crippen LogP contribution < -0.4 is 19.6 Å². The molecule has 8 heteroatoms. The standard InChI is InChI=1S/C26H26N2O6/c1-3-15-33-21-12-10-20(11-13-21)26(31)34-22-14-9-18(16-23(22)32-2)17-27-28-25(30)24(29)19-7-5-4-6-8-19/h4-14,16-17,24,29H,3,15H2,1-2H3,(H,28,30)/b27-17-/t24-/m1/s1. The molecular formula is C26H26N2O6. The molecule has 0 aliphatic carbocycles. The van der Waals surface area contributed by atoms with Crippen molar-refractivity contribution < 1.29 is 28.9 Å². The Labute approximate surface area is 197 Å². The maximum Gasteiger partial charge on any atom is 0.343 e. The third kappa shape index (κ3) is 6.66. The SMILES string of the molecule is CCCOc1ccc(C(=O)Oc2ccc(/C=N\NC(=O)[C@H](O)c3ccccc3)cc2OC)cc1. The topological polar surface area (TPSA) is 106 Å². The number of carbonyl (C=O) groups is 2. The van der Waals surface area contributed by atoms with Crippen LogP contribution >= 0.6 is 0 Å². The lowest BCUT2D eigenvalue weighted by Crippen LogP contribution is -2.25. The average Bonchev–Trinajstić information content (AvgIpc) is 2.88. The highest BCUT2D eigenvalue weighted by Gasteiger charge is 2.16. The minimum Gasteiger partial charge on any atom is -0.494 e. The zero-order chi connectivity index (χ0) is 24.3. The van der Waals surface area contributed by atoms with Crippen LogP contribution in [0.3, 0.4) is 0 Å². The third-order valence-electron chi connectivity index (χ3n) is 4.71. The number of aliphatic hydroxyl groups is 1. The van der Waals surface area contributed by atoms with Crippen LogP contribution in [0.2, 0.25) is 0 Å². The Morgan fingerprint density at radius 2 is 1.76 bits per heavy atom.